The van der Waals surface area contributed by atoms with E-state index in [1.165, 1.54) is 13.2 Å². The predicted octanol–water partition coefficient (Wildman–Crippen LogP) is 4.50. The Balaban J connectivity index is 2.05. The van der Waals surface area contributed by atoms with E-state index in [1.807, 2.05) is 32.4 Å². The summed E-state index contributed by atoms with van der Waals surface area (Å²) in [5.74, 6) is -3.31. The summed E-state index contributed by atoms with van der Waals surface area (Å²) in [5, 5.41) is 0. The van der Waals surface area contributed by atoms with Crippen LogP contribution in [0.15, 0.2) is 28.8 Å². The summed E-state index contributed by atoms with van der Waals surface area (Å²) in [7, 11) is -3.56. The molecule has 0 saturated carbocycles. The summed E-state index contributed by atoms with van der Waals surface area (Å²) in [6, 6.07) is 1.74. The molecular weight excluding hydrogens is 505 g/mol. The van der Waals surface area contributed by atoms with Gasteiger partial charge in [0, 0.05) is 30.9 Å². The molecule has 0 aliphatic carbocycles. The van der Waals surface area contributed by atoms with Crippen molar-refractivity contribution in [3.63, 3.8) is 0 Å². The molecule has 37 heavy (non-hydrogen) atoms. The number of H-pyrrole nitrogens is 1. The normalized spacial score (nSPS) is 17.4. The van der Waals surface area contributed by atoms with Gasteiger partial charge in [0.05, 0.1) is 22.5 Å². The third-order valence-electron chi connectivity index (χ3n) is 6.71. The molecule has 0 bridgehead atoms. The van der Waals surface area contributed by atoms with Gasteiger partial charge in [-0.1, -0.05) is 13.0 Å². The van der Waals surface area contributed by atoms with Gasteiger partial charge in [0.1, 0.15) is 11.6 Å². The largest absolute Gasteiger partial charge is 0.490 e. The number of aliphatic imine (C=N–C) groups is 1. The van der Waals surface area contributed by atoms with Crippen LogP contribution in [0.5, 0.6) is 0 Å². The Morgan fingerprint density at radius 3 is 2.38 bits per heavy atom. The van der Waals surface area contributed by atoms with Crippen molar-refractivity contribution < 1.29 is 31.3 Å². The van der Waals surface area contributed by atoms with Crippen molar-refractivity contribution in [1.29, 1.82) is 0 Å². The first-order valence-corrected chi connectivity index (χ1v) is 13.0. The van der Waals surface area contributed by atoms with Gasteiger partial charge in [-0.25, -0.2) is 13.8 Å². The van der Waals surface area contributed by atoms with Gasteiger partial charge in [0.25, 0.3) is 0 Å². The molecule has 3 rings (SSSR count). The van der Waals surface area contributed by atoms with E-state index in [0.717, 1.165) is 16.4 Å². The van der Waals surface area contributed by atoms with Gasteiger partial charge < -0.3 is 14.3 Å². The molecule has 9 nitrogen and oxygen atoms in total. The summed E-state index contributed by atoms with van der Waals surface area (Å²) >= 11 is 0. The van der Waals surface area contributed by atoms with Crippen LogP contribution in [-0.2, 0) is 19.5 Å². The minimum atomic E-state index is -4.12. The molecule has 13 heteroatoms. The van der Waals surface area contributed by atoms with Gasteiger partial charge in [-0.05, 0) is 58.9 Å². The quantitative estimate of drug-likeness (QED) is 0.279. The number of ketones is 1. The van der Waals surface area contributed by atoms with E-state index in [-0.39, 0.29) is 23.5 Å². The zero-order valence-electron chi connectivity index (χ0n) is 21.9. The summed E-state index contributed by atoms with van der Waals surface area (Å²) in [5.41, 5.74) is -1.97. The van der Waals surface area contributed by atoms with Crippen molar-refractivity contribution in [3.05, 3.63) is 52.1 Å². The van der Waals surface area contributed by atoms with Crippen LogP contribution in [0.4, 0.5) is 20.3 Å². The number of halogens is 2. The van der Waals surface area contributed by atoms with Crippen LogP contribution in [0.3, 0.4) is 0 Å². The molecule has 2 heterocycles. The molecule has 0 unspecified atom stereocenters. The van der Waals surface area contributed by atoms with Crippen LogP contribution < -0.4 is 4.72 Å². The highest BCUT2D eigenvalue weighted by Crippen LogP contribution is 2.39. The molecular formula is C24H31BF2N4O5S. The summed E-state index contributed by atoms with van der Waals surface area (Å²) in [6.07, 6.45) is 2.84. The average molecular weight is 536 g/mol. The van der Waals surface area contributed by atoms with E-state index in [1.54, 1.807) is 19.9 Å². The molecule has 0 atom stereocenters. The van der Waals surface area contributed by atoms with E-state index >= 15 is 4.39 Å². The molecule has 1 aromatic heterocycles. The van der Waals surface area contributed by atoms with Crippen LogP contribution in [0.1, 0.15) is 63.0 Å². The first-order valence-electron chi connectivity index (χ1n) is 11.5. The first kappa shape index (κ1) is 28.7. The molecule has 1 aliphatic rings. The lowest BCUT2D eigenvalue weighted by Crippen LogP contribution is -2.41. The number of aromatic nitrogens is 1. The number of nitrogens with zero attached hydrogens (tertiary/aromatic N) is 2. The summed E-state index contributed by atoms with van der Waals surface area (Å²) in [4.78, 5) is 20.1. The number of carbonyl (C=O) groups is 1. The Hall–Kier alpha value is -2.87. The van der Waals surface area contributed by atoms with Crippen molar-refractivity contribution >= 4 is 47.4 Å². The minimum Gasteiger partial charge on any atom is -0.400 e. The Kier molecular flexibility index (Phi) is 7.85. The van der Waals surface area contributed by atoms with Crippen LogP contribution in [0.2, 0.25) is 0 Å². The first-order chi connectivity index (χ1) is 17.1. The van der Waals surface area contributed by atoms with Gasteiger partial charge in [0.2, 0.25) is 5.78 Å². The van der Waals surface area contributed by atoms with E-state index < -0.39 is 57.2 Å². The zero-order chi connectivity index (χ0) is 27.9. The predicted molar refractivity (Wildman–Crippen MR) is 140 cm³/mol. The third kappa shape index (κ3) is 5.40. The number of allylic oxidation sites excluding steroid dienone is 1. The SMILES string of the molecule is C=Nc1[nH]cc(C(=O)c2c(F)ccc(NS(=O)(=O)N(C)CC)c2F)c1/C=C(\C)B1OC(C)(C)C(C)(C)O1. The molecule has 0 amide bonds. The topological polar surface area (TPSA) is 113 Å². The fourth-order valence-electron chi connectivity index (χ4n) is 3.57. The molecule has 0 spiro atoms. The van der Waals surface area contributed by atoms with Crippen molar-refractivity contribution in [2.75, 3.05) is 18.3 Å². The van der Waals surface area contributed by atoms with E-state index in [2.05, 4.69) is 16.7 Å². The maximum atomic E-state index is 15.4. The summed E-state index contributed by atoms with van der Waals surface area (Å²) < 4.78 is 69.9. The zero-order valence-corrected chi connectivity index (χ0v) is 22.7. The molecule has 1 aromatic carbocycles. The second-order valence-electron chi connectivity index (χ2n) is 9.73. The smallest absolute Gasteiger partial charge is 0.400 e. The highest BCUT2D eigenvalue weighted by molar-refractivity contribution is 7.90. The number of benzene rings is 1. The van der Waals surface area contributed by atoms with Gasteiger partial charge in [-0.3, -0.25) is 9.52 Å². The standard InChI is InChI=1S/C24H31BF2N4O5S/c1-9-31(8)37(33,34)30-18-11-10-17(26)19(20(18)27)21(32)16-13-29-22(28-7)15(16)12-14(2)25-35-23(3,4)24(5,6)36-25/h10-13,29-30H,7,9H2,1-6,8H3/b14-12+. The number of hydrogen-bond donors (Lipinski definition) is 2. The van der Waals surface area contributed by atoms with Gasteiger partial charge in [0.15, 0.2) is 5.82 Å². The maximum Gasteiger partial charge on any atom is 0.490 e. The number of nitrogens with one attached hydrogen (secondary N) is 2. The van der Waals surface area contributed by atoms with Crippen LogP contribution in [0.25, 0.3) is 6.08 Å². The molecule has 0 radical (unpaired) electrons. The number of rotatable bonds is 9. The minimum absolute atomic E-state index is 0.0956. The lowest BCUT2D eigenvalue weighted by molar-refractivity contribution is 0.00578. The van der Waals surface area contributed by atoms with Gasteiger partial charge in [-0.2, -0.15) is 12.7 Å². The van der Waals surface area contributed by atoms with Crippen LogP contribution in [-0.4, -0.2) is 62.1 Å². The fraction of sp³-hybridized carbons (Fsp3) is 0.417. The van der Waals surface area contributed by atoms with E-state index in [9.17, 15) is 17.6 Å². The molecule has 1 fully saturated rings. The fourth-order valence-corrected chi connectivity index (χ4v) is 4.51. The number of carbonyl (C=O) groups excluding carboxylic acids is 1. The average Bonchev–Trinajstić information content (AvgIpc) is 3.31. The van der Waals surface area contributed by atoms with Crippen molar-refractivity contribution in [1.82, 2.24) is 9.29 Å². The second kappa shape index (κ2) is 10.1. The highest BCUT2D eigenvalue weighted by Gasteiger charge is 2.51. The molecule has 1 aliphatic heterocycles. The third-order valence-corrected chi connectivity index (χ3v) is 8.27. The van der Waals surface area contributed by atoms with E-state index in [4.69, 9.17) is 9.31 Å². The molecule has 200 valence electrons. The maximum absolute atomic E-state index is 15.4. The molecule has 2 aromatic rings. The number of aromatic amines is 1. The van der Waals surface area contributed by atoms with E-state index in [0.29, 0.717) is 5.47 Å². The number of hydrogen-bond acceptors (Lipinski definition) is 6. The Morgan fingerprint density at radius 1 is 1.24 bits per heavy atom. The van der Waals surface area contributed by atoms with Crippen molar-refractivity contribution in [2.24, 2.45) is 4.99 Å². The van der Waals surface area contributed by atoms with Crippen LogP contribution in [0, 0.1) is 11.6 Å². The monoisotopic (exact) mass is 536 g/mol. The number of anilines is 1. The second-order valence-corrected chi connectivity index (χ2v) is 11.5. The Bertz CT molecular complexity index is 1360. The lowest BCUT2D eigenvalue weighted by Gasteiger charge is -2.32. The summed E-state index contributed by atoms with van der Waals surface area (Å²) in [6.45, 7) is 14.5. The van der Waals surface area contributed by atoms with Gasteiger partial charge in [-0.15, -0.1) is 0 Å². The van der Waals surface area contributed by atoms with Crippen molar-refractivity contribution in [2.45, 2.75) is 52.7 Å². The Morgan fingerprint density at radius 2 is 1.84 bits per heavy atom. The highest BCUT2D eigenvalue weighted by atomic mass is 32.2. The lowest BCUT2D eigenvalue weighted by atomic mass is 9.78. The van der Waals surface area contributed by atoms with Crippen LogP contribution >= 0.6 is 0 Å². The van der Waals surface area contributed by atoms with Crippen molar-refractivity contribution in [3.8, 4) is 0 Å². The molecule has 2 N–H and O–H groups in total. The Labute approximate surface area is 216 Å². The molecule has 1 saturated heterocycles. The van der Waals surface area contributed by atoms with Gasteiger partial charge >= 0.3 is 17.3 Å².